The van der Waals surface area contributed by atoms with Crippen LogP contribution in [0.15, 0.2) is 42.5 Å². The largest absolute Gasteiger partial charge is 0.487 e. The van der Waals surface area contributed by atoms with Gasteiger partial charge < -0.3 is 20.1 Å². The van der Waals surface area contributed by atoms with Crippen molar-refractivity contribution in [2.24, 2.45) is 0 Å². The van der Waals surface area contributed by atoms with Gasteiger partial charge in [0.25, 0.3) is 0 Å². The number of anilines is 1. The van der Waals surface area contributed by atoms with Crippen LogP contribution in [0.4, 0.5) is 5.69 Å². The fourth-order valence-electron chi connectivity index (χ4n) is 3.79. The van der Waals surface area contributed by atoms with Crippen LogP contribution in [0.1, 0.15) is 43.1 Å². The van der Waals surface area contributed by atoms with Crippen molar-refractivity contribution in [3.63, 3.8) is 0 Å². The van der Waals surface area contributed by atoms with Gasteiger partial charge in [0.15, 0.2) is 0 Å². The Bertz CT molecular complexity index is 728. The molecule has 0 fully saturated rings. The second kappa shape index (κ2) is 8.11. The first-order valence-corrected chi connectivity index (χ1v) is 9.41. The number of aliphatic hydroxyl groups excluding tert-OH is 1. The van der Waals surface area contributed by atoms with Crippen molar-refractivity contribution in [3.05, 3.63) is 59.2 Å². The van der Waals surface area contributed by atoms with Crippen LogP contribution in [0, 0.1) is 0 Å². The van der Waals surface area contributed by atoms with Gasteiger partial charge in [-0.2, -0.15) is 0 Å². The molecular weight excluding hydrogens is 324 g/mol. The lowest BCUT2D eigenvalue weighted by molar-refractivity contribution is 0.110. The zero-order valence-corrected chi connectivity index (χ0v) is 16.2. The highest BCUT2D eigenvalue weighted by Crippen LogP contribution is 2.41. The number of fused-ring (bicyclic) bond motifs is 1. The number of ether oxygens (including phenoxy) is 1. The van der Waals surface area contributed by atoms with Crippen molar-refractivity contribution < 1.29 is 9.84 Å². The fourth-order valence-corrected chi connectivity index (χ4v) is 3.79. The Balaban J connectivity index is 1.87. The van der Waals surface area contributed by atoms with Crippen LogP contribution in [0.3, 0.4) is 0 Å². The Labute approximate surface area is 156 Å². The molecule has 0 spiro atoms. The molecule has 0 radical (unpaired) electrons. The molecule has 0 aromatic heterocycles. The molecule has 1 aliphatic carbocycles. The summed E-state index contributed by atoms with van der Waals surface area (Å²) in [6.45, 7) is 4.78. The molecule has 0 saturated carbocycles. The Kier molecular flexibility index (Phi) is 5.84. The van der Waals surface area contributed by atoms with E-state index in [0.29, 0.717) is 12.6 Å². The molecule has 4 heteroatoms. The quantitative estimate of drug-likeness (QED) is 0.831. The zero-order chi connectivity index (χ0) is 18.7. The average molecular weight is 354 g/mol. The van der Waals surface area contributed by atoms with Crippen molar-refractivity contribution in [1.82, 2.24) is 5.32 Å². The number of nitrogens with one attached hydrogen (secondary N) is 1. The maximum atomic E-state index is 10.9. The molecule has 4 nitrogen and oxygen atoms in total. The Morgan fingerprint density at radius 1 is 1.15 bits per heavy atom. The maximum absolute atomic E-state index is 10.9. The molecule has 2 atom stereocenters. The van der Waals surface area contributed by atoms with Crippen LogP contribution in [-0.4, -0.2) is 31.3 Å². The SMILES string of the molecule is CC(C)N[C@H]1CCc2c(ccc(OCc3ccccc3)c2N(C)C)[C@@H]1O. The lowest BCUT2D eigenvalue weighted by Crippen LogP contribution is -2.42. The van der Waals surface area contributed by atoms with Crippen LogP contribution in [-0.2, 0) is 13.0 Å². The number of hydrogen-bond donors (Lipinski definition) is 2. The number of benzene rings is 2. The van der Waals surface area contributed by atoms with Gasteiger partial charge >= 0.3 is 0 Å². The minimum atomic E-state index is -0.483. The molecule has 140 valence electrons. The molecule has 0 aliphatic heterocycles. The third-order valence-electron chi connectivity index (χ3n) is 4.92. The molecule has 1 aliphatic rings. The smallest absolute Gasteiger partial charge is 0.143 e. The third-order valence-corrected chi connectivity index (χ3v) is 4.92. The summed E-state index contributed by atoms with van der Waals surface area (Å²) in [7, 11) is 4.08. The summed E-state index contributed by atoms with van der Waals surface area (Å²) in [6.07, 6.45) is 1.38. The molecule has 0 heterocycles. The van der Waals surface area contributed by atoms with E-state index in [2.05, 4.69) is 36.2 Å². The first kappa shape index (κ1) is 18.7. The van der Waals surface area contributed by atoms with Crippen LogP contribution in [0.5, 0.6) is 5.75 Å². The van der Waals surface area contributed by atoms with Gasteiger partial charge in [-0.15, -0.1) is 0 Å². The molecule has 3 rings (SSSR count). The molecule has 2 N–H and O–H groups in total. The van der Waals surface area contributed by atoms with Gasteiger partial charge in [-0.3, -0.25) is 0 Å². The molecule has 0 bridgehead atoms. The third kappa shape index (κ3) is 4.02. The summed E-state index contributed by atoms with van der Waals surface area (Å²) < 4.78 is 6.14. The minimum absolute atomic E-state index is 0.105. The van der Waals surface area contributed by atoms with Crippen LogP contribution in [0.2, 0.25) is 0 Å². The number of rotatable bonds is 6. The average Bonchev–Trinajstić information content (AvgIpc) is 2.62. The van der Waals surface area contributed by atoms with E-state index in [1.807, 2.05) is 44.4 Å². The monoisotopic (exact) mass is 354 g/mol. The highest BCUT2D eigenvalue weighted by atomic mass is 16.5. The van der Waals surface area contributed by atoms with Crippen molar-refractivity contribution in [1.29, 1.82) is 0 Å². The van der Waals surface area contributed by atoms with Gasteiger partial charge in [0.2, 0.25) is 0 Å². The second-order valence-electron chi connectivity index (χ2n) is 7.56. The lowest BCUT2D eigenvalue weighted by atomic mass is 9.84. The Hall–Kier alpha value is -2.04. The number of nitrogens with zero attached hydrogens (tertiary/aromatic N) is 1. The zero-order valence-electron chi connectivity index (χ0n) is 16.2. The summed E-state index contributed by atoms with van der Waals surface area (Å²) >= 11 is 0. The minimum Gasteiger partial charge on any atom is -0.487 e. The molecule has 0 saturated heterocycles. The molecule has 2 aromatic rings. The van der Waals surface area contributed by atoms with Crippen LogP contribution < -0.4 is 15.0 Å². The van der Waals surface area contributed by atoms with Gasteiger partial charge in [0.05, 0.1) is 11.8 Å². The van der Waals surface area contributed by atoms with Crippen molar-refractivity contribution in [3.8, 4) is 5.75 Å². The van der Waals surface area contributed by atoms with E-state index < -0.39 is 6.10 Å². The van der Waals surface area contributed by atoms with Gasteiger partial charge in [-0.1, -0.05) is 50.2 Å². The van der Waals surface area contributed by atoms with Gasteiger partial charge in [-0.25, -0.2) is 0 Å². The van der Waals surface area contributed by atoms with E-state index in [4.69, 9.17) is 4.74 Å². The summed E-state index contributed by atoms with van der Waals surface area (Å²) in [4.78, 5) is 2.10. The van der Waals surface area contributed by atoms with Crippen LogP contribution >= 0.6 is 0 Å². The predicted molar refractivity (Wildman–Crippen MR) is 107 cm³/mol. The van der Waals surface area contributed by atoms with Gasteiger partial charge in [0.1, 0.15) is 12.4 Å². The summed E-state index contributed by atoms with van der Waals surface area (Å²) in [6, 6.07) is 14.7. The van der Waals surface area contributed by atoms with E-state index in [1.54, 1.807) is 0 Å². The molecule has 0 amide bonds. The fraction of sp³-hybridized carbons (Fsp3) is 0.455. The first-order chi connectivity index (χ1) is 12.5. The summed E-state index contributed by atoms with van der Waals surface area (Å²) in [5.41, 5.74) is 4.46. The second-order valence-corrected chi connectivity index (χ2v) is 7.56. The first-order valence-electron chi connectivity index (χ1n) is 9.41. The summed E-state index contributed by atoms with van der Waals surface area (Å²) in [5.74, 6) is 0.875. The Morgan fingerprint density at radius 2 is 1.88 bits per heavy atom. The Morgan fingerprint density at radius 3 is 2.54 bits per heavy atom. The van der Waals surface area contributed by atoms with Crippen molar-refractivity contribution in [2.45, 2.75) is 51.5 Å². The number of hydrogen-bond acceptors (Lipinski definition) is 4. The normalized spacial score (nSPS) is 19.3. The van der Waals surface area contributed by atoms with Crippen molar-refractivity contribution >= 4 is 5.69 Å². The van der Waals surface area contributed by atoms with E-state index in [1.165, 1.54) is 5.56 Å². The van der Waals surface area contributed by atoms with E-state index in [9.17, 15) is 5.11 Å². The number of aliphatic hydroxyl groups is 1. The molecule has 26 heavy (non-hydrogen) atoms. The van der Waals surface area contributed by atoms with E-state index >= 15 is 0 Å². The lowest BCUT2D eigenvalue weighted by Gasteiger charge is -2.35. The molecular formula is C22H30N2O2. The highest BCUT2D eigenvalue weighted by molar-refractivity contribution is 5.66. The van der Waals surface area contributed by atoms with Gasteiger partial charge in [-0.05, 0) is 35.6 Å². The predicted octanol–water partition coefficient (Wildman–Crippen LogP) is 3.68. The highest BCUT2D eigenvalue weighted by Gasteiger charge is 2.31. The molecule has 2 aromatic carbocycles. The van der Waals surface area contributed by atoms with E-state index in [-0.39, 0.29) is 6.04 Å². The maximum Gasteiger partial charge on any atom is 0.143 e. The standard InChI is InChI=1S/C22H30N2O2/c1-15(2)23-19-12-10-17-18(22(19)25)11-13-20(21(17)24(3)4)26-14-16-8-6-5-7-9-16/h5-9,11,13,15,19,22-23,25H,10,12,14H2,1-4H3/t19-,22-/m0/s1. The molecule has 0 unspecified atom stereocenters. The van der Waals surface area contributed by atoms with Gasteiger partial charge in [0, 0.05) is 26.2 Å². The van der Waals surface area contributed by atoms with Crippen LogP contribution in [0.25, 0.3) is 0 Å². The van der Waals surface area contributed by atoms with E-state index in [0.717, 1.165) is 35.4 Å². The summed E-state index contributed by atoms with van der Waals surface area (Å²) in [5, 5.41) is 14.3. The van der Waals surface area contributed by atoms with Crippen molar-refractivity contribution in [2.75, 3.05) is 19.0 Å². The topological polar surface area (TPSA) is 44.7 Å².